The first-order valence-corrected chi connectivity index (χ1v) is 8.78. The summed E-state index contributed by atoms with van der Waals surface area (Å²) in [7, 11) is 1.67. The Morgan fingerprint density at radius 2 is 2.12 bits per heavy atom. The van der Waals surface area contributed by atoms with Crippen molar-refractivity contribution in [3.63, 3.8) is 0 Å². The third kappa shape index (κ3) is 3.38. The van der Waals surface area contributed by atoms with Crippen molar-refractivity contribution >= 4 is 17.3 Å². The number of benzene rings is 2. The molecule has 1 fully saturated rings. The van der Waals surface area contributed by atoms with E-state index in [0.29, 0.717) is 18.2 Å². The molecule has 0 radical (unpaired) electrons. The summed E-state index contributed by atoms with van der Waals surface area (Å²) in [6.07, 6.45) is 1.64. The normalized spacial score (nSPS) is 16.8. The SMILES string of the molecule is COc1ccccc1N1CCO[C@H]1c1cn(Cc2cccc(Cl)c2)nn1. The van der Waals surface area contributed by atoms with Gasteiger partial charge in [-0.1, -0.05) is 41.1 Å². The van der Waals surface area contributed by atoms with Crippen molar-refractivity contribution in [2.45, 2.75) is 12.8 Å². The maximum atomic E-state index is 6.05. The summed E-state index contributed by atoms with van der Waals surface area (Å²) >= 11 is 6.05. The van der Waals surface area contributed by atoms with Gasteiger partial charge in [-0.25, -0.2) is 4.68 Å². The van der Waals surface area contributed by atoms with Crippen molar-refractivity contribution < 1.29 is 9.47 Å². The van der Waals surface area contributed by atoms with E-state index in [-0.39, 0.29) is 6.23 Å². The van der Waals surface area contributed by atoms with Crippen LogP contribution in [0, 0.1) is 0 Å². The molecule has 1 aromatic heterocycles. The van der Waals surface area contributed by atoms with E-state index in [4.69, 9.17) is 21.1 Å². The lowest BCUT2D eigenvalue weighted by Crippen LogP contribution is -2.24. The number of para-hydroxylation sites is 2. The number of hydrogen-bond acceptors (Lipinski definition) is 5. The second-order valence-electron chi connectivity index (χ2n) is 6.06. The Morgan fingerprint density at radius 1 is 1.23 bits per heavy atom. The van der Waals surface area contributed by atoms with E-state index in [1.165, 1.54) is 0 Å². The number of aromatic nitrogens is 3. The molecule has 0 N–H and O–H groups in total. The van der Waals surface area contributed by atoms with Gasteiger partial charge in [0.1, 0.15) is 11.4 Å². The molecule has 1 saturated heterocycles. The van der Waals surface area contributed by atoms with E-state index in [1.54, 1.807) is 11.8 Å². The maximum Gasteiger partial charge on any atom is 0.177 e. The molecule has 0 amide bonds. The van der Waals surface area contributed by atoms with Gasteiger partial charge in [-0.2, -0.15) is 0 Å². The summed E-state index contributed by atoms with van der Waals surface area (Å²) in [5.41, 5.74) is 2.83. The molecule has 6 nitrogen and oxygen atoms in total. The lowest BCUT2D eigenvalue weighted by atomic mass is 10.2. The summed E-state index contributed by atoms with van der Waals surface area (Å²) in [6, 6.07) is 15.6. The van der Waals surface area contributed by atoms with Crippen molar-refractivity contribution in [2.24, 2.45) is 0 Å². The average Bonchev–Trinajstić information content (AvgIpc) is 3.30. The predicted octanol–water partition coefficient (Wildman–Crippen LogP) is 3.52. The summed E-state index contributed by atoms with van der Waals surface area (Å²) in [5.74, 6) is 0.814. The molecule has 2 heterocycles. The second kappa shape index (κ2) is 7.35. The van der Waals surface area contributed by atoms with Crippen molar-refractivity contribution in [3.05, 3.63) is 71.0 Å². The van der Waals surface area contributed by atoms with Crippen LogP contribution in [-0.4, -0.2) is 35.3 Å². The molecule has 0 saturated carbocycles. The fourth-order valence-corrected chi connectivity index (χ4v) is 3.37. The highest BCUT2D eigenvalue weighted by atomic mass is 35.5. The largest absolute Gasteiger partial charge is 0.495 e. The van der Waals surface area contributed by atoms with Crippen molar-refractivity contribution in [2.75, 3.05) is 25.2 Å². The number of rotatable bonds is 5. The maximum absolute atomic E-state index is 6.05. The van der Waals surface area contributed by atoms with E-state index >= 15 is 0 Å². The van der Waals surface area contributed by atoms with Gasteiger partial charge in [-0.05, 0) is 29.8 Å². The number of halogens is 1. The number of hydrogen-bond donors (Lipinski definition) is 0. The van der Waals surface area contributed by atoms with Crippen LogP contribution < -0.4 is 9.64 Å². The van der Waals surface area contributed by atoms with E-state index < -0.39 is 0 Å². The zero-order chi connectivity index (χ0) is 17.9. The smallest absolute Gasteiger partial charge is 0.177 e. The number of nitrogens with zero attached hydrogens (tertiary/aromatic N) is 4. The van der Waals surface area contributed by atoms with E-state index in [1.807, 2.05) is 54.7 Å². The van der Waals surface area contributed by atoms with E-state index in [0.717, 1.165) is 29.2 Å². The summed E-state index contributed by atoms with van der Waals surface area (Å²) < 4.78 is 13.2. The Hall–Kier alpha value is -2.57. The molecule has 1 aliphatic heterocycles. The third-order valence-corrected chi connectivity index (χ3v) is 4.56. The Labute approximate surface area is 156 Å². The molecule has 0 aliphatic carbocycles. The Morgan fingerprint density at radius 3 is 2.96 bits per heavy atom. The first-order chi connectivity index (χ1) is 12.7. The van der Waals surface area contributed by atoms with Gasteiger partial charge in [-0.3, -0.25) is 0 Å². The summed E-state index contributed by atoms with van der Waals surface area (Å²) in [4.78, 5) is 2.15. The van der Waals surface area contributed by atoms with Gasteiger partial charge in [0.2, 0.25) is 0 Å². The molecule has 4 rings (SSSR count). The molecule has 134 valence electrons. The Bertz CT molecular complexity index is 899. The molecule has 0 bridgehead atoms. The van der Waals surface area contributed by atoms with Crippen LogP contribution in [0.4, 0.5) is 5.69 Å². The number of anilines is 1. The summed E-state index contributed by atoms with van der Waals surface area (Å²) in [5, 5.41) is 9.27. The molecular formula is C19H19ClN4O2. The lowest BCUT2D eigenvalue weighted by molar-refractivity contribution is 0.110. The van der Waals surface area contributed by atoms with Crippen molar-refractivity contribution in [1.82, 2.24) is 15.0 Å². The molecule has 26 heavy (non-hydrogen) atoms. The minimum absolute atomic E-state index is 0.278. The van der Waals surface area contributed by atoms with Gasteiger partial charge in [-0.15, -0.1) is 5.10 Å². The molecule has 2 aromatic carbocycles. The van der Waals surface area contributed by atoms with Crippen LogP contribution in [0.3, 0.4) is 0 Å². The number of methoxy groups -OCH3 is 1. The van der Waals surface area contributed by atoms with Crippen LogP contribution in [0.1, 0.15) is 17.5 Å². The molecule has 1 atom stereocenters. The van der Waals surface area contributed by atoms with E-state index in [9.17, 15) is 0 Å². The molecule has 0 spiro atoms. The third-order valence-electron chi connectivity index (χ3n) is 4.33. The molecular weight excluding hydrogens is 352 g/mol. The fraction of sp³-hybridized carbons (Fsp3) is 0.263. The lowest BCUT2D eigenvalue weighted by Gasteiger charge is -2.25. The Balaban J connectivity index is 1.56. The van der Waals surface area contributed by atoms with Gasteiger partial charge in [0.25, 0.3) is 0 Å². The first kappa shape index (κ1) is 16.9. The summed E-state index contributed by atoms with van der Waals surface area (Å²) in [6.45, 7) is 2.00. The standard InChI is InChI=1S/C19H19ClN4O2/c1-25-18-8-3-2-7-17(18)24-9-10-26-19(24)16-13-23(22-21-16)12-14-5-4-6-15(20)11-14/h2-8,11,13,19H,9-10,12H2,1H3/t19-/m0/s1. The zero-order valence-electron chi connectivity index (χ0n) is 14.4. The van der Waals surface area contributed by atoms with Gasteiger partial charge in [0.05, 0.1) is 32.1 Å². The average molecular weight is 371 g/mol. The molecule has 0 unspecified atom stereocenters. The first-order valence-electron chi connectivity index (χ1n) is 8.40. The fourth-order valence-electron chi connectivity index (χ4n) is 3.15. The van der Waals surface area contributed by atoms with E-state index in [2.05, 4.69) is 15.2 Å². The molecule has 7 heteroatoms. The minimum atomic E-state index is -0.278. The quantitative estimate of drug-likeness (QED) is 0.687. The van der Waals surface area contributed by atoms with Gasteiger partial charge in [0, 0.05) is 11.6 Å². The second-order valence-corrected chi connectivity index (χ2v) is 6.50. The van der Waals surface area contributed by atoms with Crippen LogP contribution in [0.2, 0.25) is 5.02 Å². The minimum Gasteiger partial charge on any atom is -0.495 e. The highest BCUT2D eigenvalue weighted by Gasteiger charge is 2.31. The highest BCUT2D eigenvalue weighted by molar-refractivity contribution is 6.30. The predicted molar refractivity (Wildman–Crippen MR) is 99.6 cm³/mol. The van der Waals surface area contributed by atoms with Crippen LogP contribution >= 0.6 is 11.6 Å². The molecule has 1 aliphatic rings. The highest BCUT2D eigenvalue weighted by Crippen LogP contribution is 2.36. The van der Waals surface area contributed by atoms with Crippen molar-refractivity contribution in [1.29, 1.82) is 0 Å². The van der Waals surface area contributed by atoms with Gasteiger partial charge < -0.3 is 14.4 Å². The van der Waals surface area contributed by atoms with Crippen LogP contribution in [0.25, 0.3) is 0 Å². The van der Waals surface area contributed by atoms with Crippen LogP contribution in [0.5, 0.6) is 5.75 Å². The molecule has 3 aromatic rings. The zero-order valence-corrected chi connectivity index (χ0v) is 15.1. The van der Waals surface area contributed by atoms with Crippen molar-refractivity contribution in [3.8, 4) is 5.75 Å². The van der Waals surface area contributed by atoms with Crippen LogP contribution in [0.15, 0.2) is 54.7 Å². The topological polar surface area (TPSA) is 52.4 Å². The Kier molecular flexibility index (Phi) is 4.77. The van der Waals surface area contributed by atoms with Gasteiger partial charge in [0.15, 0.2) is 6.23 Å². The monoisotopic (exact) mass is 370 g/mol. The number of ether oxygens (including phenoxy) is 2. The van der Waals surface area contributed by atoms with Crippen LogP contribution in [-0.2, 0) is 11.3 Å². The van der Waals surface area contributed by atoms with Gasteiger partial charge >= 0.3 is 0 Å².